The summed E-state index contributed by atoms with van der Waals surface area (Å²) in [5, 5.41) is 21.5. The monoisotopic (exact) mass is 450 g/mol. The topological polar surface area (TPSA) is 81.1 Å². The minimum atomic E-state index is -1.35. The highest BCUT2D eigenvalue weighted by atomic mass is 16.3. The summed E-state index contributed by atoms with van der Waals surface area (Å²) in [4.78, 5) is 30.3. The first kappa shape index (κ1) is 31.4. The third-order valence-corrected chi connectivity index (χ3v) is 7.31. The van der Waals surface area contributed by atoms with Crippen LogP contribution in [-0.4, -0.2) is 84.4 Å². The van der Waals surface area contributed by atoms with Crippen molar-refractivity contribution in [2.75, 3.05) is 13.1 Å². The van der Waals surface area contributed by atoms with Crippen molar-refractivity contribution in [3.8, 4) is 0 Å². The number of ketones is 2. The van der Waals surface area contributed by atoms with Crippen LogP contribution in [0.1, 0.15) is 99.8 Å². The molecular weight excluding hydrogens is 401 g/mol. The predicted octanol–water partition coefficient (Wildman–Crippen LogP) is 1.21. The van der Waals surface area contributed by atoms with E-state index in [1.807, 2.05) is 46.1 Å². The van der Waals surface area contributed by atoms with Gasteiger partial charge in [0.2, 0.25) is 0 Å². The van der Waals surface area contributed by atoms with Gasteiger partial charge in [0.15, 0.2) is 26.9 Å². The van der Waals surface area contributed by atoms with Gasteiger partial charge in [-0.1, -0.05) is 53.4 Å². The fourth-order valence-corrected chi connectivity index (χ4v) is 4.93. The lowest BCUT2D eigenvalue weighted by molar-refractivity contribution is -0.140. The average molecular weight is 450 g/mol. The lowest BCUT2D eigenvalue weighted by Crippen LogP contribution is -2.59. The van der Waals surface area contributed by atoms with Crippen LogP contribution in [0.4, 0.5) is 0 Å². The van der Waals surface area contributed by atoms with Gasteiger partial charge in [0.05, 0.1) is 14.3 Å². The quantitative estimate of drug-likeness (QED) is 0.242. The zero-order valence-electron chi connectivity index (χ0n) is 22.5. The van der Waals surface area contributed by atoms with Crippen molar-refractivity contribution < 1.29 is 19.8 Å². The third-order valence-electron chi connectivity index (χ3n) is 7.31. The van der Waals surface area contributed by atoms with Crippen LogP contribution >= 0.6 is 0 Å². The first-order valence-electron chi connectivity index (χ1n) is 12.7. The molecule has 0 spiro atoms. The van der Waals surface area contributed by atoms with E-state index in [0.29, 0.717) is 26.6 Å². The van der Waals surface area contributed by atoms with E-state index in [9.17, 15) is 19.8 Å². The van der Waals surface area contributed by atoms with E-state index in [-0.39, 0.29) is 30.6 Å². The molecule has 6 nitrogen and oxygen atoms in total. The largest absolute Gasteiger partial charge is 0.382 e. The maximum Gasteiger partial charge on any atom is 0.186 e. The molecule has 0 saturated carbocycles. The van der Waals surface area contributed by atoms with Crippen LogP contribution in [0.15, 0.2) is 0 Å². The molecule has 0 aliphatic heterocycles. The molecule has 0 rings (SSSR count). The van der Waals surface area contributed by atoms with Gasteiger partial charge in [0.25, 0.3) is 0 Å². The van der Waals surface area contributed by atoms with Gasteiger partial charge in [-0.2, -0.15) is 0 Å². The molecule has 4 atom stereocenters. The number of rotatable bonds is 18. The van der Waals surface area contributed by atoms with Crippen LogP contribution in [0.25, 0.3) is 0 Å². The fourth-order valence-electron chi connectivity index (χ4n) is 4.93. The van der Waals surface area contributed by atoms with E-state index in [2.05, 4.69) is 13.8 Å². The molecule has 0 aromatic heterocycles. The molecule has 0 aliphatic carbocycles. The van der Waals surface area contributed by atoms with Crippen molar-refractivity contribution >= 4 is 34.6 Å². The first-order chi connectivity index (χ1) is 14.8. The maximum atomic E-state index is 13.5. The van der Waals surface area contributed by atoms with E-state index < -0.39 is 16.9 Å². The van der Waals surface area contributed by atoms with Crippen LogP contribution in [-0.2, 0) is 9.59 Å². The van der Waals surface area contributed by atoms with Crippen LogP contribution in [0.2, 0.25) is 0 Å². The second-order valence-corrected chi connectivity index (χ2v) is 10.2. The normalized spacial score (nSPS) is 18.6. The number of carbonyl (C=O) groups is 2. The second kappa shape index (κ2) is 13.9. The molecule has 0 heterocycles. The third kappa shape index (κ3) is 8.62. The molecule has 0 saturated heterocycles. The maximum absolute atomic E-state index is 13.5. The molecule has 0 radical (unpaired) electrons. The molecule has 184 valence electrons. The summed E-state index contributed by atoms with van der Waals surface area (Å²) in [6.07, 6.45) is 5.95. The Morgan fingerprint density at radius 3 is 1.94 bits per heavy atom. The van der Waals surface area contributed by atoms with E-state index in [4.69, 9.17) is 0 Å². The van der Waals surface area contributed by atoms with Crippen molar-refractivity contribution in [3.63, 3.8) is 0 Å². The van der Waals surface area contributed by atoms with E-state index in [0.717, 1.165) is 32.1 Å². The summed E-state index contributed by atoms with van der Waals surface area (Å²) >= 11 is 0. The predicted molar refractivity (Wildman–Crippen MR) is 140 cm³/mol. The lowest BCUT2D eigenvalue weighted by atomic mass is 9.63. The van der Waals surface area contributed by atoms with Crippen molar-refractivity contribution in [2.24, 2.45) is 5.92 Å². The van der Waals surface area contributed by atoms with Crippen molar-refractivity contribution in [3.05, 3.63) is 0 Å². The summed E-state index contributed by atoms with van der Waals surface area (Å²) in [5.74, 6) is -0.370. The summed E-state index contributed by atoms with van der Waals surface area (Å²) in [6.45, 7) is 13.9. The van der Waals surface area contributed by atoms with Gasteiger partial charge in [-0.05, 0) is 46.5 Å². The number of hydrogen-bond donors (Lipinski definition) is 2. The minimum Gasteiger partial charge on any atom is -0.382 e. The molecule has 0 aromatic carbocycles. The molecule has 4 unspecified atom stereocenters. The Labute approximate surface area is 200 Å². The Morgan fingerprint density at radius 1 is 0.938 bits per heavy atom. The number of aliphatic hydroxyl groups is 2. The van der Waals surface area contributed by atoms with E-state index in [1.165, 1.54) is 0 Å². The standard InChI is InChI=1S/C23H49B3N2O4/c1-8-12-15-22(6,31)20(30)17-27(25)21(5,13-9-2)18(11-4)19(29)16-28(26-24)23(7,32)14-10-3/h18,26,31-32H,8-17,24-25H2,1-7H3. The van der Waals surface area contributed by atoms with Crippen molar-refractivity contribution in [1.29, 1.82) is 0 Å². The number of carbonyl (C=O) groups excluding carboxylic acids is 2. The SMILES string of the molecule is BBN(CC(=O)C(CC)C(C)(CCC)N(B)CC(=O)C(C)(O)CCCC)C(C)(O)CCC. The minimum absolute atomic E-state index is 0.0960. The van der Waals surface area contributed by atoms with E-state index >= 15 is 0 Å². The van der Waals surface area contributed by atoms with Crippen LogP contribution in [0, 0.1) is 5.92 Å². The highest BCUT2D eigenvalue weighted by Gasteiger charge is 2.43. The molecule has 0 aliphatic rings. The molecule has 2 N–H and O–H groups in total. The number of hydrogen-bond acceptors (Lipinski definition) is 6. The lowest BCUT2D eigenvalue weighted by Gasteiger charge is -2.46. The number of unbranched alkanes of at least 4 members (excludes halogenated alkanes) is 1. The molecule has 0 aromatic rings. The number of Topliss-reactive ketones (excluding diaryl/α,β-unsaturated/α-hetero) is 2. The second-order valence-electron chi connectivity index (χ2n) is 10.2. The summed E-state index contributed by atoms with van der Waals surface area (Å²) in [6, 6.07) is 0. The van der Waals surface area contributed by atoms with Crippen molar-refractivity contribution in [1.82, 2.24) is 9.62 Å². The van der Waals surface area contributed by atoms with Gasteiger partial charge in [-0.25, -0.2) is 0 Å². The average Bonchev–Trinajstić information content (AvgIpc) is 2.70. The zero-order chi connectivity index (χ0) is 25.2. The molecule has 32 heavy (non-hydrogen) atoms. The van der Waals surface area contributed by atoms with Crippen LogP contribution in [0.5, 0.6) is 0 Å². The Hall–Kier alpha value is -0.625. The Balaban J connectivity index is 5.70. The van der Waals surface area contributed by atoms with Gasteiger partial charge >= 0.3 is 0 Å². The van der Waals surface area contributed by atoms with Crippen molar-refractivity contribution in [2.45, 2.75) is 117 Å². The Morgan fingerprint density at radius 2 is 1.50 bits per heavy atom. The number of nitrogens with zero attached hydrogens (tertiary/aromatic N) is 2. The highest BCUT2D eigenvalue weighted by molar-refractivity contribution is 6.87. The first-order valence-corrected chi connectivity index (χ1v) is 12.7. The zero-order valence-corrected chi connectivity index (χ0v) is 22.5. The van der Waals surface area contributed by atoms with Crippen LogP contribution in [0.3, 0.4) is 0 Å². The summed E-state index contributed by atoms with van der Waals surface area (Å²) in [5.41, 5.74) is -2.87. The Kier molecular flexibility index (Phi) is 13.7. The van der Waals surface area contributed by atoms with Gasteiger partial charge in [-0.15, -0.1) is 0 Å². The van der Waals surface area contributed by atoms with E-state index in [1.54, 1.807) is 13.8 Å². The molecule has 9 heteroatoms. The van der Waals surface area contributed by atoms with Gasteiger partial charge < -0.3 is 19.8 Å². The highest BCUT2D eigenvalue weighted by Crippen LogP contribution is 2.33. The summed E-state index contributed by atoms with van der Waals surface area (Å²) < 4.78 is 0. The molecule has 0 amide bonds. The van der Waals surface area contributed by atoms with Gasteiger partial charge in [0.1, 0.15) is 11.3 Å². The van der Waals surface area contributed by atoms with Crippen LogP contribution < -0.4 is 0 Å². The Bertz CT molecular complexity index is 590. The molecule has 0 bridgehead atoms. The smallest absolute Gasteiger partial charge is 0.186 e. The molecular formula is C23H49B3N2O4. The fraction of sp³-hybridized carbons (Fsp3) is 0.913. The van der Waals surface area contributed by atoms with Gasteiger partial charge in [0, 0.05) is 18.0 Å². The summed E-state index contributed by atoms with van der Waals surface area (Å²) in [7, 11) is 4.45. The van der Waals surface area contributed by atoms with Gasteiger partial charge in [-0.3, -0.25) is 9.59 Å². The molecule has 0 fully saturated rings.